The van der Waals surface area contributed by atoms with Gasteiger partial charge in [-0.3, -0.25) is 19.7 Å². The third-order valence-electron chi connectivity index (χ3n) is 5.11. The normalized spacial score (nSPS) is 10.7. The van der Waals surface area contributed by atoms with Gasteiger partial charge in [0.2, 0.25) is 0 Å². The number of fused-ring (bicyclic) bond motifs is 1. The number of ether oxygens (including phenoxy) is 1. The number of nitro groups is 1. The number of H-pyrrole nitrogens is 1. The van der Waals surface area contributed by atoms with Crippen molar-refractivity contribution in [1.29, 1.82) is 0 Å². The lowest BCUT2D eigenvalue weighted by Crippen LogP contribution is -2.33. The second-order valence-corrected chi connectivity index (χ2v) is 7.08. The smallest absolute Gasteiger partial charge is 0.269 e. The van der Waals surface area contributed by atoms with E-state index in [4.69, 9.17) is 4.74 Å². The van der Waals surface area contributed by atoms with Crippen LogP contribution < -0.4 is 15.2 Å². The van der Waals surface area contributed by atoms with Crippen molar-refractivity contribution in [3.05, 3.63) is 110 Å². The molecular formula is C24H19N3O5. The van der Waals surface area contributed by atoms with Crippen LogP contribution in [0.4, 0.5) is 11.4 Å². The average Bonchev–Trinajstić information content (AvgIpc) is 2.82. The van der Waals surface area contributed by atoms with Gasteiger partial charge in [0.15, 0.2) is 0 Å². The minimum Gasteiger partial charge on any atom is -0.495 e. The highest BCUT2D eigenvalue weighted by Crippen LogP contribution is 2.30. The molecule has 0 radical (unpaired) electrons. The van der Waals surface area contributed by atoms with E-state index < -0.39 is 10.8 Å². The van der Waals surface area contributed by atoms with E-state index in [0.717, 1.165) is 5.39 Å². The summed E-state index contributed by atoms with van der Waals surface area (Å²) in [6.45, 7) is -0.0175. The summed E-state index contributed by atoms with van der Waals surface area (Å²) in [5.74, 6) is 0.0388. The first-order valence-corrected chi connectivity index (χ1v) is 9.78. The van der Waals surface area contributed by atoms with Gasteiger partial charge in [0.25, 0.3) is 17.2 Å². The van der Waals surface area contributed by atoms with Gasteiger partial charge in [-0.2, -0.15) is 0 Å². The van der Waals surface area contributed by atoms with Crippen molar-refractivity contribution < 1.29 is 14.5 Å². The summed E-state index contributed by atoms with van der Waals surface area (Å²) in [5.41, 5.74) is 1.40. The fourth-order valence-electron chi connectivity index (χ4n) is 3.48. The van der Waals surface area contributed by atoms with Crippen LogP contribution in [0.2, 0.25) is 0 Å². The molecule has 1 aromatic heterocycles. The number of nitrogens with one attached hydrogen (secondary N) is 1. The Morgan fingerprint density at radius 2 is 1.72 bits per heavy atom. The first kappa shape index (κ1) is 20.8. The van der Waals surface area contributed by atoms with Crippen molar-refractivity contribution in [2.75, 3.05) is 12.0 Å². The maximum atomic E-state index is 13.5. The zero-order valence-corrected chi connectivity index (χ0v) is 17.1. The number of nitrogens with zero attached hydrogens (tertiary/aromatic N) is 2. The molecule has 0 aliphatic carbocycles. The molecule has 0 atom stereocenters. The van der Waals surface area contributed by atoms with E-state index in [-0.39, 0.29) is 23.4 Å². The molecular weight excluding hydrogens is 410 g/mol. The van der Waals surface area contributed by atoms with E-state index >= 15 is 0 Å². The number of methoxy groups -OCH3 is 1. The van der Waals surface area contributed by atoms with Crippen LogP contribution in [0.3, 0.4) is 0 Å². The minimum atomic E-state index is -0.527. The van der Waals surface area contributed by atoms with Gasteiger partial charge in [0.1, 0.15) is 5.75 Å². The lowest BCUT2D eigenvalue weighted by Gasteiger charge is -2.24. The molecule has 0 spiro atoms. The molecule has 32 heavy (non-hydrogen) atoms. The Balaban J connectivity index is 1.79. The average molecular weight is 429 g/mol. The zero-order chi connectivity index (χ0) is 22.7. The molecule has 0 saturated heterocycles. The van der Waals surface area contributed by atoms with Crippen molar-refractivity contribution in [2.45, 2.75) is 6.54 Å². The Labute approximate surface area is 182 Å². The summed E-state index contributed by atoms with van der Waals surface area (Å²) in [7, 11) is 1.50. The van der Waals surface area contributed by atoms with Gasteiger partial charge >= 0.3 is 0 Å². The van der Waals surface area contributed by atoms with E-state index in [9.17, 15) is 19.7 Å². The molecule has 0 aliphatic heterocycles. The summed E-state index contributed by atoms with van der Waals surface area (Å²) < 4.78 is 5.43. The van der Waals surface area contributed by atoms with E-state index in [1.165, 1.54) is 36.3 Å². The predicted molar refractivity (Wildman–Crippen MR) is 121 cm³/mol. The number of aromatic nitrogens is 1. The maximum absolute atomic E-state index is 13.5. The van der Waals surface area contributed by atoms with E-state index in [0.29, 0.717) is 22.5 Å². The van der Waals surface area contributed by atoms with Crippen LogP contribution in [0.5, 0.6) is 5.75 Å². The van der Waals surface area contributed by atoms with Crippen LogP contribution in [0.1, 0.15) is 15.9 Å². The monoisotopic (exact) mass is 429 g/mol. The Morgan fingerprint density at radius 1 is 1.03 bits per heavy atom. The van der Waals surface area contributed by atoms with Gasteiger partial charge in [0.05, 0.1) is 24.3 Å². The number of rotatable bonds is 6. The fraction of sp³-hybridized carbons (Fsp3) is 0.0833. The molecule has 4 rings (SSSR count). The lowest BCUT2D eigenvalue weighted by atomic mass is 10.1. The molecule has 8 nitrogen and oxygen atoms in total. The van der Waals surface area contributed by atoms with Gasteiger partial charge in [-0.25, -0.2) is 0 Å². The number of non-ortho nitro benzene ring substituents is 1. The van der Waals surface area contributed by atoms with Crippen LogP contribution in [-0.2, 0) is 6.54 Å². The molecule has 1 amide bonds. The minimum absolute atomic E-state index is 0.0175. The molecule has 0 fully saturated rings. The van der Waals surface area contributed by atoms with Crippen LogP contribution in [-0.4, -0.2) is 22.9 Å². The number of pyridine rings is 1. The maximum Gasteiger partial charge on any atom is 0.269 e. The van der Waals surface area contributed by atoms with E-state index in [2.05, 4.69) is 4.98 Å². The quantitative estimate of drug-likeness (QED) is 0.364. The van der Waals surface area contributed by atoms with Crippen molar-refractivity contribution >= 4 is 28.2 Å². The van der Waals surface area contributed by atoms with Gasteiger partial charge in [0, 0.05) is 28.8 Å². The van der Waals surface area contributed by atoms with E-state index in [1.54, 1.807) is 36.4 Å². The van der Waals surface area contributed by atoms with Crippen LogP contribution in [0, 0.1) is 10.1 Å². The van der Waals surface area contributed by atoms with E-state index in [1.807, 2.05) is 18.2 Å². The molecule has 4 aromatic rings. The summed E-state index contributed by atoms with van der Waals surface area (Å²) in [6, 6.07) is 21.4. The largest absolute Gasteiger partial charge is 0.495 e. The lowest BCUT2D eigenvalue weighted by molar-refractivity contribution is -0.384. The molecule has 8 heteroatoms. The first-order chi connectivity index (χ1) is 15.5. The predicted octanol–water partition coefficient (Wildman–Crippen LogP) is 4.29. The van der Waals surface area contributed by atoms with Gasteiger partial charge in [-0.1, -0.05) is 30.3 Å². The van der Waals surface area contributed by atoms with Crippen LogP contribution in [0.15, 0.2) is 83.7 Å². The highest BCUT2D eigenvalue weighted by molar-refractivity contribution is 6.07. The topological polar surface area (TPSA) is 106 Å². The summed E-state index contributed by atoms with van der Waals surface area (Å²) >= 11 is 0. The first-order valence-electron chi connectivity index (χ1n) is 9.78. The number of hydrogen-bond acceptors (Lipinski definition) is 5. The molecule has 0 bridgehead atoms. The van der Waals surface area contributed by atoms with Gasteiger partial charge in [-0.05, 0) is 41.8 Å². The highest BCUT2D eigenvalue weighted by Gasteiger charge is 2.23. The zero-order valence-electron chi connectivity index (χ0n) is 17.1. The molecule has 3 aromatic carbocycles. The molecule has 0 unspecified atom stereocenters. The van der Waals surface area contributed by atoms with Crippen LogP contribution in [0.25, 0.3) is 10.9 Å². The number of carbonyl (C=O) groups excluding carboxylic acids is 1. The molecule has 0 aliphatic rings. The molecule has 1 N–H and O–H groups in total. The Kier molecular flexibility index (Phi) is 5.67. The van der Waals surface area contributed by atoms with Crippen molar-refractivity contribution in [3.63, 3.8) is 0 Å². The summed E-state index contributed by atoms with van der Waals surface area (Å²) in [5, 5.41) is 11.8. The number of para-hydroxylation sites is 3. The Bertz CT molecular complexity index is 1360. The molecule has 1 heterocycles. The number of benzene rings is 3. The molecule has 0 saturated carbocycles. The third kappa shape index (κ3) is 4.06. The fourth-order valence-corrected chi connectivity index (χ4v) is 3.48. The summed E-state index contributed by atoms with van der Waals surface area (Å²) in [4.78, 5) is 40.9. The van der Waals surface area contributed by atoms with Crippen LogP contribution >= 0.6 is 0 Å². The number of carbonyl (C=O) groups is 1. The number of amides is 1. The van der Waals surface area contributed by atoms with Crippen molar-refractivity contribution in [2.24, 2.45) is 0 Å². The van der Waals surface area contributed by atoms with Gasteiger partial charge < -0.3 is 14.6 Å². The van der Waals surface area contributed by atoms with Crippen molar-refractivity contribution in [1.82, 2.24) is 4.98 Å². The standard InChI is InChI=1S/C24H19N3O5/c1-32-22-9-5-4-8-21(22)26(24(29)16-10-12-19(13-11-16)27(30)31)15-18-14-17-6-2-3-7-20(17)25-23(18)28/h2-14H,15H2,1H3,(H,25,28). The third-order valence-corrected chi connectivity index (χ3v) is 5.11. The molecule has 160 valence electrons. The summed E-state index contributed by atoms with van der Waals surface area (Å²) in [6.07, 6.45) is 0. The highest BCUT2D eigenvalue weighted by atomic mass is 16.6. The Hall–Kier alpha value is -4.46. The van der Waals surface area contributed by atoms with Gasteiger partial charge in [-0.15, -0.1) is 0 Å². The Morgan fingerprint density at radius 3 is 2.44 bits per heavy atom. The van der Waals surface area contributed by atoms with Crippen molar-refractivity contribution in [3.8, 4) is 5.75 Å². The number of nitro benzene ring substituents is 1. The second kappa shape index (κ2) is 8.73. The number of aromatic amines is 1. The number of hydrogen-bond donors (Lipinski definition) is 1. The number of anilines is 1. The second-order valence-electron chi connectivity index (χ2n) is 7.08. The SMILES string of the molecule is COc1ccccc1N(Cc1cc2ccccc2[nH]c1=O)C(=O)c1ccc([N+](=O)[O-])cc1.